The molecule has 1 aliphatic rings. The lowest BCUT2D eigenvalue weighted by Gasteiger charge is -2.27. The summed E-state index contributed by atoms with van der Waals surface area (Å²) in [5.74, 6) is -1.85. The topological polar surface area (TPSA) is 139 Å². The number of H-pyrrole nitrogens is 1. The summed E-state index contributed by atoms with van der Waals surface area (Å²) in [6.07, 6.45) is -1.56. The molecule has 1 saturated heterocycles. The third kappa shape index (κ3) is 3.79. The number of alkyl halides is 1. The van der Waals surface area contributed by atoms with Gasteiger partial charge in [-0.05, 0) is 17.7 Å². The van der Waals surface area contributed by atoms with Crippen LogP contribution in [0.4, 0.5) is 4.39 Å². The van der Waals surface area contributed by atoms with E-state index in [1.165, 1.54) is 0 Å². The van der Waals surface area contributed by atoms with Gasteiger partial charge in [0.2, 0.25) is 5.82 Å². The molecule has 2 aromatic rings. The highest BCUT2D eigenvalue weighted by Gasteiger charge is 2.51. The van der Waals surface area contributed by atoms with Gasteiger partial charge in [-0.25, -0.2) is 9.59 Å². The molecule has 2 heterocycles. The molecule has 1 aliphatic heterocycles. The summed E-state index contributed by atoms with van der Waals surface area (Å²) >= 11 is 1.89. The molecule has 1 N–H and O–H groups in total. The zero-order chi connectivity index (χ0) is 20.3. The van der Waals surface area contributed by atoms with E-state index in [2.05, 4.69) is 10.0 Å². The van der Waals surface area contributed by atoms with Gasteiger partial charge >= 0.3 is 11.7 Å². The Morgan fingerprint density at radius 3 is 2.82 bits per heavy atom. The fourth-order valence-electron chi connectivity index (χ4n) is 2.79. The summed E-state index contributed by atoms with van der Waals surface area (Å²) in [6, 6.07) is 8.16. The predicted octanol–water partition coefficient (Wildman–Crippen LogP) is 2.26. The summed E-state index contributed by atoms with van der Waals surface area (Å²) in [5.41, 5.74) is 5.55. The second kappa shape index (κ2) is 8.12. The number of nitrogens with zero attached hydrogens (tertiary/aromatic N) is 4. The molecule has 146 valence electrons. The van der Waals surface area contributed by atoms with Crippen LogP contribution in [0.3, 0.4) is 0 Å². The van der Waals surface area contributed by atoms with Crippen LogP contribution in [0.5, 0.6) is 0 Å². The van der Waals surface area contributed by atoms with Gasteiger partial charge in [0.1, 0.15) is 12.3 Å². The molecular formula is C16H13FIN5O5. The highest BCUT2D eigenvalue weighted by atomic mass is 127. The normalized spacial score (nSPS) is 23.8. The Morgan fingerprint density at radius 1 is 1.46 bits per heavy atom. The maximum absolute atomic E-state index is 13.6. The van der Waals surface area contributed by atoms with Crippen molar-refractivity contribution in [2.75, 3.05) is 4.43 Å². The number of carbonyl (C=O) groups is 1. The van der Waals surface area contributed by atoms with Crippen molar-refractivity contribution in [1.29, 1.82) is 0 Å². The van der Waals surface area contributed by atoms with Crippen molar-refractivity contribution in [2.24, 2.45) is 5.11 Å². The quantitative estimate of drug-likeness (QED) is 0.167. The summed E-state index contributed by atoms with van der Waals surface area (Å²) in [6.45, 7) is 0. The van der Waals surface area contributed by atoms with E-state index in [0.717, 1.165) is 4.57 Å². The Labute approximate surface area is 170 Å². The van der Waals surface area contributed by atoms with Gasteiger partial charge in [-0.1, -0.05) is 45.9 Å². The zero-order valence-electron chi connectivity index (χ0n) is 14.1. The number of carbonyl (C=O) groups excluding carboxylic acids is 1. The van der Waals surface area contributed by atoms with Crippen molar-refractivity contribution >= 4 is 28.6 Å². The Kier molecular flexibility index (Phi) is 5.82. The van der Waals surface area contributed by atoms with Gasteiger partial charge < -0.3 is 9.47 Å². The maximum Gasteiger partial charge on any atom is 0.338 e. The number of esters is 1. The van der Waals surface area contributed by atoms with Crippen LogP contribution in [0, 0.1) is 5.82 Å². The first-order chi connectivity index (χ1) is 13.4. The van der Waals surface area contributed by atoms with E-state index in [1.807, 2.05) is 27.6 Å². The SMILES string of the molecule is [N-]=[N+]=NC1(CI)OC(n2cc(F)c(=O)[nH]c2=O)CC1OC(=O)c1ccccc1. The molecule has 10 nitrogen and oxygen atoms in total. The van der Waals surface area contributed by atoms with Crippen molar-refractivity contribution in [3.05, 3.63) is 79.2 Å². The molecule has 0 radical (unpaired) electrons. The number of halogens is 2. The monoisotopic (exact) mass is 501 g/mol. The van der Waals surface area contributed by atoms with Gasteiger partial charge in [0.25, 0.3) is 5.56 Å². The molecule has 0 saturated carbocycles. The van der Waals surface area contributed by atoms with E-state index in [0.29, 0.717) is 6.20 Å². The Morgan fingerprint density at radius 2 is 2.18 bits per heavy atom. The highest BCUT2D eigenvalue weighted by molar-refractivity contribution is 14.1. The Bertz CT molecular complexity index is 1050. The molecule has 28 heavy (non-hydrogen) atoms. The predicted molar refractivity (Wildman–Crippen MR) is 102 cm³/mol. The Hall–Kier alpha value is -2.70. The second-order valence-electron chi connectivity index (χ2n) is 5.88. The molecule has 0 amide bonds. The minimum atomic E-state index is -1.60. The van der Waals surface area contributed by atoms with Crippen molar-refractivity contribution in [2.45, 2.75) is 24.5 Å². The number of ether oxygens (including phenoxy) is 2. The Balaban J connectivity index is 1.95. The smallest absolute Gasteiger partial charge is 0.338 e. The third-order valence-electron chi connectivity index (χ3n) is 4.16. The lowest BCUT2D eigenvalue weighted by Crippen LogP contribution is -2.41. The molecular weight excluding hydrogens is 488 g/mol. The van der Waals surface area contributed by atoms with Gasteiger partial charge in [-0.3, -0.25) is 14.3 Å². The number of aromatic amines is 1. The molecule has 1 aromatic heterocycles. The van der Waals surface area contributed by atoms with E-state index in [1.54, 1.807) is 30.3 Å². The lowest BCUT2D eigenvalue weighted by atomic mass is 10.1. The van der Waals surface area contributed by atoms with Gasteiger partial charge in [0.05, 0.1) is 11.8 Å². The molecule has 0 aliphatic carbocycles. The van der Waals surface area contributed by atoms with E-state index in [-0.39, 0.29) is 16.4 Å². The van der Waals surface area contributed by atoms with E-state index in [4.69, 9.17) is 15.0 Å². The summed E-state index contributed by atoms with van der Waals surface area (Å²) in [5, 5.41) is 3.64. The fourth-order valence-corrected chi connectivity index (χ4v) is 3.62. The average molecular weight is 501 g/mol. The standard InChI is InChI=1S/C16H13FIN5O5/c17-10-7-23(15(26)20-13(10)24)12-6-11(16(8-18,28-12)21-22-19)27-14(25)9-4-2-1-3-5-9/h1-5,7,11-12H,6,8H2,(H,20,24,26). The summed E-state index contributed by atoms with van der Waals surface area (Å²) in [4.78, 5) is 40.3. The van der Waals surface area contributed by atoms with Crippen molar-refractivity contribution in [3.63, 3.8) is 0 Å². The molecule has 0 bridgehead atoms. The highest BCUT2D eigenvalue weighted by Crippen LogP contribution is 2.41. The second-order valence-corrected chi connectivity index (χ2v) is 6.64. The maximum atomic E-state index is 13.6. The minimum Gasteiger partial charge on any atom is -0.455 e. The van der Waals surface area contributed by atoms with Crippen molar-refractivity contribution in [1.82, 2.24) is 9.55 Å². The fraction of sp³-hybridized carbons (Fsp3) is 0.312. The van der Waals surface area contributed by atoms with Crippen LogP contribution in [0.2, 0.25) is 0 Å². The number of rotatable bonds is 5. The first-order valence-corrected chi connectivity index (χ1v) is 9.50. The number of hydrogen-bond donors (Lipinski definition) is 1. The van der Waals surface area contributed by atoms with E-state index < -0.39 is 41.1 Å². The average Bonchev–Trinajstić information content (AvgIpc) is 3.04. The van der Waals surface area contributed by atoms with Crippen molar-refractivity contribution < 1.29 is 18.7 Å². The molecule has 1 aromatic carbocycles. The molecule has 0 spiro atoms. The lowest BCUT2D eigenvalue weighted by molar-refractivity contribution is -0.0867. The van der Waals surface area contributed by atoms with Gasteiger partial charge in [-0.15, -0.1) is 0 Å². The van der Waals surface area contributed by atoms with Gasteiger partial charge in [0, 0.05) is 15.8 Å². The molecule has 3 atom stereocenters. The molecule has 12 heteroatoms. The van der Waals surface area contributed by atoms with E-state index in [9.17, 15) is 18.8 Å². The first-order valence-electron chi connectivity index (χ1n) is 7.97. The molecule has 1 fully saturated rings. The first kappa shape index (κ1) is 20.0. The molecule has 3 unspecified atom stereocenters. The van der Waals surface area contributed by atoms with E-state index >= 15 is 0 Å². The number of nitrogens with one attached hydrogen (secondary N) is 1. The number of azide groups is 1. The van der Waals surface area contributed by atoms with Gasteiger partial charge in [-0.2, -0.15) is 4.39 Å². The zero-order valence-corrected chi connectivity index (χ0v) is 16.3. The number of benzene rings is 1. The van der Waals surface area contributed by atoms with Crippen LogP contribution in [0.1, 0.15) is 23.0 Å². The van der Waals surface area contributed by atoms with Crippen LogP contribution in [-0.2, 0) is 9.47 Å². The van der Waals surface area contributed by atoms with Crippen LogP contribution in [0.15, 0.2) is 51.2 Å². The summed E-state index contributed by atoms with van der Waals surface area (Å²) in [7, 11) is 0. The largest absolute Gasteiger partial charge is 0.455 e. The van der Waals surface area contributed by atoms with Crippen molar-refractivity contribution in [3.8, 4) is 0 Å². The van der Waals surface area contributed by atoms with Crippen LogP contribution in [0.25, 0.3) is 10.4 Å². The molecule has 3 rings (SSSR count). The number of aromatic nitrogens is 2. The summed E-state index contributed by atoms with van der Waals surface area (Å²) < 4.78 is 25.8. The minimum absolute atomic E-state index is 0.0913. The number of hydrogen-bond acceptors (Lipinski definition) is 6. The van der Waals surface area contributed by atoms with Crippen LogP contribution >= 0.6 is 22.6 Å². The van der Waals surface area contributed by atoms with Crippen LogP contribution in [-0.4, -0.2) is 31.8 Å². The van der Waals surface area contributed by atoms with Crippen LogP contribution < -0.4 is 11.2 Å². The third-order valence-corrected chi connectivity index (χ3v) is 5.25. The van der Waals surface area contributed by atoms with Gasteiger partial charge in [0.15, 0.2) is 5.72 Å².